The fraction of sp³-hybridized carbons (Fsp3) is 0.533. The van der Waals surface area contributed by atoms with E-state index in [1.54, 1.807) is 0 Å². The Labute approximate surface area is 119 Å². The molecule has 0 fully saturated rings. The van der Waals surface area contributed by atoms with Crippen LogP contribution in [0, 0.1) is 5.92 Å². The van der Waals surface area contributed by atoms with Crippen LogP contribution in [0.2, 0.25) is 0 Å². The maximum absolute atomic E-state index is 12.2. The zero-order valence-corrected chi connectivity index (χ0v) is 12.2. The van der Waals surface area contributed by atoms with Gasteiger partial charge in [0.15, 0.2) is 0 Å². The maximum Gasteiger partial charge on any atom is 0.223 e. The van der Waals surface area contributed by atoms with Crippen molar-refractivity contribution in [2.24, 2.45) is 5.92 Å². The quantitative estimate of drug-likeness (QED) is 0.842. The van der Waals surface area contributed by atoms with Crippen LogP contribution in [0.3, 0.4) is 0 Å². The number of para-hydroxylation sites is 1. The first kappa shape index (κ1) is 14.3. The second kappa shape index (κ2) is 7.43. The molecule has 1 aliphatic rings. The molecular formula is C15H21NO2S. The fourth-order valence-corrected chi connectivity index (χ4v) is 2.72. The molecule has 1 aromatic rings. The van der Waals surface area contributed by atoms with Crippen LogP contribution in [-0.2, 0) is 11.2 Å². The Kier molecular flexibility index (Phi) is 5.58. The van der Waals surface area contributed by atoms with Crippen LogP contribution in [0.4, 0.5) is 0 Å². The largest absolute Gasteiger partial charge is 0.493 e. The van der Waals surface area contributed by atoms with Crippen molar-refractivity contribution in [3.05, 3.63) is 29.8 Å². The molecule has 1 aromatic carbocycles. The van der Waals surface area contributed by atoms with Crippen molar-refractivity contribution in [3.63, 3.8) is 0 Å². The Bertz CT molecular complexity index is 422. The topological polar surface area (TPSA) is 38.3 Å². The number of hydrogen-bond acceptors (Lipinski definition) is 3. The standard InChI is InChI=1S/C15H21NO2S/c1-19-10-4-8-16-15(17)13-7-9-18-14-6-3-2-5-12(14)11-13/h2-3,5-6,13H,4,7-11H2,1H3,(H,16,17). The number of rotatable bonds is 5. The summed E-state index contributed by atoms with van der Waals surface area (Å²) in [5.74, 6) is 2.23. The van der Waals surface area contributed by atoms with Gasteiger partial charge >= 0.3 is 0 Å². The molecule has 4 heteroatoms. The summed E-state index contributed by atoms with van der Waals surface area (Å²) in [6.07, 6.45) is 4.70. The van der Waals surface area contributed by atoms with Gasteiger partial charge in [-0.05, 0) is 42.9 Å². The molecule has 1 atom stereocenters. The van der Waals surface area contributed by atoms with E-state index in [2.05, 4.69) is 17.6 Å². The predicted octanol–water partition coefficient (Wildman–Crippen LogP) is 2.50. The third kappa shape index (κ3) is 4.16. The molecule has 1 aliphatic heterocycles. The Hall–Kier alpha value is -1.16. The summed E-state index contributed by atoms with van der Waals surface area (Å²) in [6, 6.07) is 8.01. The molecule has 0 radical (unpaired) electrons. The van der Waals surface area contributed by atoms with Crippen molar-refractivity contribution in [1.82, 2.24) is 5.32 Å². The van der Waals surface area contributed by atoms with Gasteiger partial charge in [0.25, 0.3) is 0 Å². The number of carbonyl (C=O) groups excluding carboxylic acids is 1. The Balaban J connectivity index is 1.89. The highest BCUT2D eigenvalue weighted by Gasteiger charge is 2.23. The lowest BCUT2D eigenvalue weighted by atomic mass is 9.96. The number of thioether (sulfide) groups is 1. The monoisotopic (exact) mass is 279 g/mol. The van der Waals surface area contributed by atoms with Crippen LogP contribution in [0.25, 0.3) is 0 Å². The highest BCUT2D eigenvalue weighted by atomic mass is 32.2. The van der Waals surface area contributed by atoms with Gasteiger partial charge in [-0.1, -0.05) is 18.2 Å². The van der Waals surface area contributed by atoms with Gasteiger partial charge in [-0.15, -0.1) is 0 Å². The first-order valence-corrected chi connectivity index (χ1v) is 8.18. The van der Waals surface area contributed by atoms with Gasteiger partial charge in [0.2, 0.25) is 5.91 Å². The molecule has 1 unspecified atom stereocenters. The summed E-state index contributed by atoms with van der Waals surface area (Å²) in [6.45, 7) is 1.40. The first-order valence-electron chi connectivity index (χ1n) is 6.78. The van der Waals surface area contributed by atoms with Crippen LogP contribution in [0.5, 0.6) is 5.75 Å². The number of benzene rings is 1. The van der Waals surface area contributed by atoms with E-state index in [0.29, 0.717) is 6.61 Å². The van der Waals surface area contributed by atoms with Crippen LogP contribution in [0.15, 0.2) is 24.3 Å². The molecule has 0 aromatic heterocycles. The number of fused-ring (bicyclic) bond motifs is 1. The van der Waals surface area contributed by atoms with Crippen molar-refractivity contribution in [2.45, 2.75) is 19.3 Å². The van der Waals surface area contributed by atoms with Crippen molar-refractivity contribution in [3.8, 4) is 5.75 Å². The first-order chi connectivity index (χ1) is 9.31. The average molecular weight is 279 g/mol. The van der Waals surface area contributed by atoms with Crippen molar-refractivity contribution < 1.29 is 9.53 Å². The summed E-state index contributed by atoms with van der Waals surface area (Å²) in [7, 11) is 0. The van der Waals surface area contributed by atoms with Gasteiger partial charge in [0, 0.05) is 12.5 Å². The van der Waals surface area contributed by atoms with Gasteiger partial charge < -0.3 is 10.1 Å². The molecule has 3 nitrogen and oxygen atoms in total. The summed E-state index contributed by atoms with van der Waals surface area (Å²) < 4.78 is 5.69. The van der Waals surface area contributed by atoms with Crippen LogP contribution in [-0.4, -0.2) is 31.1 Å². The summed E-state index contributed by atoms with van der Waals surface area (Å²) in [4.78, 5) is 12.2. The molecule has 1 heterocycles. The zero-order chi connectivity index (χ0) is 13.5. The minimum atomic E-state index is 0.0397. The van der Waals surface area contributed by atoms with E-state index in [1.165, 1.54) is 0 Å². The van der Waals surface area contributed by atoms with Crippen molar-refractivity contribution >= 4 is 17.7 Å². The van der Waals surface area contributed by atoms with E-state index in [9.17, 15) is 4.79 Å². The maximum atomic E-state index is 12.2. The van der Waals surface area contributed by atoms with E-state index >= 15 is 0 Å². The SMILES string of the molecule is CSCCCNC(=O)C1CCOc2ccccc2C1. The number of carbonyl (C=O) groups is 1. The number of amides is 1. The van der Waals surface area contributed by atoms with Crippen molar-refractivity contribution in [2.75, 3.05) is 25.2 Å². The molecule has 0 bridgehead atoms. The van der Waals surface area contributed by atoms with E-state index in [4.69, 9.17) is 4.74 Å². The van der Waals surface area contributed by atoms with E-state index in [0.717, 1.165) is 42.9 Å². The summed E-state index contributed by atoms with van der Waals surface area (Å²) >= 11 is 1.81. The average Bonchev–Trinajstić information content (AvgIpc) is 2.65. The predicted molar refractivity (Wildman–Crippen MR) is 79.8 cm³/mol. The molecule has 0 aliphatic carbocycles. The van der Waals surface area contributed by atoms with Crippen LogP contribution < -0.4 is 10.1 Å². The van der Waals surface area contributed by atoms with E-state index in [1.807, 2.05) is 30.0 Å². The lowest BCUT2D eigenvalue weighted by molar-refractivity contribution is -0.125. The Morgan fingerprint density at radius 3 is 3.16 bits per heavy atom. The molecule has 2 rings (SSSR count). The van der Waals surface area contributed by atoms with Crippen molar-refractivity contribution in [1.29, 1.82) is 0 Å². The minimum absolute atomic E-state index is 0.0397. The second-order valence-electron chi connectivity index (χ2n) is 4.78. The van der Waals surface area contributed by atoms with E-state index < -0.39 is 0 Å². The van der Waals surface area contributed by atoms with Crippen LogP contribution >= 0.6 is 11.8 Å². The minimum Gasteiger partial charge on any atom is -0.493 e. The molecule has 0 spiro atoms. The van der Waals surface area contributed by atoms with Gasteiger partial charge in [0.1, 0.15) is 5.75 Å². The number of hydrogen-bond donors (Lipinski definition) is 1. The third-order valence-corrected chi connectivity index (χ3v) is 4.05. The third-order valence-electron chi connectivity index (χ3n) is 3.36. The molecule has 0 saturated heterocycles. The lowest BCUT2D eigenvalue weighted by Crippen LogP contribution is -2.33. The molecule has 1 amide bonds. The summed E-state index contributed by atoms with van der Waals surface area (Å²) in [5, 5.41) is 3.04. The molecule has 104 valence electrons. The van der Waals surface area contributed by atoms with Gasteiger partial charge in [0.05, 0.1) is 6.61 Å². The smallest absolute Gasteiger partial charge is 0.223 e. The second-order valence-corrected chi connectivity index (χ2v) is 5.77. The highest BCUT2D eigenvalue weighted by Crippen LogP contribution is 2.26. The molecular weight excluding hydrogens is 258 g/mol. The van der Waals surface area contributed by atoms with E-state index in [-0.39, 0.29) is 11.8 Å². The molecule has 1 N–H and O–H groups in total. The number of nitrogens with one attached hydrogen (secondary N) is 1. The Morgan fingerprint density at radius 1 is 1.47 bits per heavy atom. The molecule has 19 heavy (non-hydrogen) atoms. The lowest BCUT2D eigenvalue weighted by Gasteiger charge is -2.13. The zero-order valence-electron chi connectivity index (χ0n) is 11.4. The normalized spacial score (nSPS) is 18.1. The van der Waals surface area contributed by atoms with Gasteiger partial charge in [-0.3, -0.25) is 4.79 Å². The van der Waals surface area contributed by atoms with Gasteiger partial charge in [-0.25, -0.2) is 0 Å². The highest BCUT2D eigenvalue weighted by molar-refractivity contribution is 7.98. The van der Waals surface area contributed by atoms with Gasteiger partial charge in [-0.2, -0.15) is 11.8 Å². The molecule has 0 saturated carbocycles. The number of ether oxygens (including phenoxy) is 1. The summed E-state index contributed by atoms with van der Waals surface area (Å²) in [5.41, 5.74) is 1.14. The fourth-order valence-electron chi connectivity index (χ4n) is 2.29. The van der Waals surface area contributed by atoms with Crippen LogP contribution in [0.1, 0.15) is 18.4 Å². The Morgan fingerprint density at radius 2 is 2.32 bits per heavy atom.